The largest absolute Gasteiger partial charge is 0.387 e. The van der Waals surface area contributed by atoms with Crippen molar-refractivity contribution >= 4 is 11.3 Å². The molecule has 0 spiro atoms. The van der Waals surface area contributed by atoms with Crippen LogP contribution < -0.4 is 5.32 Å². The highest BCUT2D eigenvalue weighted by molar-refractivity contribution is 7.07. The number of hydrogen-bond donors (Lipinski definition) is 2. The molecule has 0 fully saturated rings. The van der Waals surface area contributed by atoms with Gasteiger partial charge in [-0.3, -0.25) is 0 Å². The second-order valence-electron chi connectivity index (χ2n) is 2.77. The first-order valence-corrected chi connectivity index (χ1v) is 5.18. The Morgan fingerprint density at radius 1 is 1.69 bits per heavy atom. The lowest BCUT2D eigenvalue weighted by atomic mass is 10.2. The number of nitrogens with one attached hydrogen (secondary N) is 1. The van der Waals surface area contributed by atoms with Gasteiger partial charge in [0.2, 0.25) is 0 Å². The molecule has 1 rings (SSSR count). The molecule has 1 heterocycles. The Hall–Kier alpha value is -0.420. The summed E-state index contributed by atoms with van der Waals surface area (Å²) < 4.78 is 4.87. The summed E-state index contributed by atoms with van der Waals surface area (Å²) in [5.41, 5.74) is 0.981. The van der Waals surface area contributed by atoms with Gasteiger partial charge < -0.3 is 15.2 Å². The summed E-state index contributed by atoms with van der Waals surface area (Å²) in [6.45, 7) is 2.04. The molecule has 0 bridgehead atoms. The lowest BCUT2D eigenvalue weighted by Gasteiger charge is -2.09. The molecule has 0 aliphatic rings. The molecular weight excluding hydrogens is 186 g/mol. The van der Waals surface area contributed by atoms with E-state index in [0.717, 1.165) is 12.1 Å². The molecule has 0 radical (unpaired) electrons. The van der Waals surface area contributed by atoms with Gasteiger partial charge in [0.25, 0.3) is 0 Å². The van der Waals surface area contributed by atoms with Gasteiger partial charge in [0.15, 0.2) is 0 Å². The van der Waals surface area contributed by atoms with Crippen LogP contribution in [0.5, 0.6) is 0 Å². The lowest BCUT2D eigenvalue weighted by molar-refractivity contribution is 0.162. The molecule has 4 heteroatoms. The zero-order valence-electron chi connectivity index (χ0n) is 7.69. The third kappa shape index (κ3) is 3.87. The Morgan fingerprint density at radius 2 is 2.54 bits per heavy atom. The van der Waals surface area contributed by atoms with Crippen LogP contribution in [0.2, 0.25) is 0 Å². The third-order valence-electron chi connectivity index (χ3n) is 1.75. The smallest absolute Gasteiger partial charge is 0.0922 e. The molecule has 0 saturated heterocycles. The van der Waals surface area contributed by atoms with Gasteiger partial charge in [0.1, 0.15) is 0 Å². The van der Waals surface area contributed by atoms with Crippen molar-refractivity contribution < 1.29 is 9.84 Å². The molecule has 0 amide bonds. The number of ether oxygens (including phenoxy) is 1. The minimum absolute atomic E-state index is 0.400. The zero-order chi connectivity index (χ0) is 9.52. The highest BCUT2D eigenvalue weighted by Gasteiger charge is 2.05. The van der Waals surface area contributed by atoms with E-state index in [2.05, 4.69) is 5.32 Å². The van der Waals surface area contributed by atoms with Crippen LogP contribution in [0.4, 0.5) is 0 Å². The quantitative estimate of drug-likeness (QED) is 0.675. The Balaban J connectivity index is 2.15. The van der Waals surface area contributed by atoms with E-state index in [0.29, 0.717) is 13.2 Å². The Bertz CT molecular complexity index is 213. The Kier molecular flexibility index (Phi) is 5.00. The van der Waals surface area contributed by atoms with E-state index in [4.69, 9.17) is 4.74 Å². The summed E-state index contributed by atoms with van der Waals surface area (Å²) >= 11 is 1.60. The maximum Gasteiger partial charge on any atom is 0.0922 e. The molecule has 0 aliphatic carbocycles. The Morgan fingerprint density at radius 3 is 3.15 bits per heavy atom. The van der Waals surface area contributed by atoms with E-state index in [1.54, 1.807) is 18.4 Å². The monoisotopic (exact) mass is 201 g/mol. The number of thiophene rings is 1. The maximum absolute atomic E-state index is 9.61. The van der Waals surface area contributed by atoms with Gasteiger partial charge in [-0.1, -0.05) is 0 Å². The highest BCUT2D eigenvalue weighted by Crippen LogP contribution is 2.14. The molecule has 1 aromatic rings. The van der Waals surface area contributed by atoms with Gasteiger partial charge in [-0.15, -0.1) is 0 Å². The predicted octanol–water partition coefficient (Wildman–Crippen LogP) is 1.02. The van der Waals surface area contributed by atoms with Crippen LogP contribution in [0.25, 0.3) is 0 Å². The number of aliphatic hydroxyl groups excluding tert-OH is 1. The van der Waals surface area contributed by atoms with Gasteiger partial charge in [-0.2, -0.15) is 11.3 Å². The van der Waals surface area contributed by atoms with Crippen molar-refractivity contribution in [3.05, 3.63) is 22.4 Å². The highest BCUT2D eigenvalue weighted by atomic mass is 32.1. The summed E-state index contributed by atoms with van der Waals surface area (Å²) in [6.07, 6.45) is -0.400. The average Bonchev–Trinajstić information content (AvgIpc) is 2.65. The number of methoxy groups -OCH3 is 1. The fourth-order valence-corrected chi connectivity index (χ4v) is 1.70. The van der Waals surface area contributed by atoms with Gasteiger partial charge >= 0.3 is 0 Å². The minimum Gasteiger partial charge on any atom is -0.387 e. The fourth-order valence-electron chi connectivity index (χ4n) is 0.995. The van der Waals surface area contributed by atoms with Crippen LogP contribution in [-0.4, -0.2) is 31.9 Å². The molecule has 0 saturated carbocycles. The molecule has 13 heavy (non-hydrogen) atoms. The molecule has 0 aromatic carbocycles. The van der Waals surface area contributed by atoms with E-state index in [1.165, 1.54) is 0 Å². The topological polar surface area (TPSA) is 41.5 Å². The summed E-state index contributed by atoms with van der Waals surface area (Å²) in [4.78, 5) is 0. The summed E-state index contributed by atoms with van der Waals surface area (Å²) in [6, 6.07) is 1.94. The minimum atomic E-state index is -0.400. The van der Waals surface area contributed by atoms with Crippen molar-refractivity contribution in [3.8, 4) is 0 Å². The average molecular weight is 201 g/mol. The molecule has 2 N–H and O–H groups in total. The summed E-state index contributed by atoms with van der Waals surface area (Å²) in [5.74, 6) is 0. The van der Waals surface area contributed by atoms with E-state index in [-0.39, 0.29) is 0 Å². The third-order valence-corrected chi connectivity index (χ3v) is 2.45. The van der Waals surface area contributed by atoms with E-state index >= 15 is 0 Å². The van der Waals surface area contributed by atoms with E-state index in [1.807, 2.05) is 16.8 Å². The summed E-state index contributed by atoms with van der Waals surface area (Å²) in [5, 5.41) is 16.6. The first kappa shape index (κ1) is 10.7. The molecule has 1 unspecified atom stereocenters. The van der Waals surface area contributed by atoms with Crippen molar-refractivity contribution in [2.45, 2.75) is 6.10 Å². The molecule has 3 nitrogen and oxygen atoms in total. The van der Waals surface area contributed by atoms with Crippen LogP contribution in [0.15, 0.2) is 16.8 Å². The summed E-state index contributed by atoms with van der Waals surface area (Å²) in [7, 11) is 1.66. The number of aliphatic hydroxyl groups is 1. The van der Waals surface area contributed by atoms with Crippen molar-refractivity contribution in [2.24, 2.45) is 0 Å². The van der Waals surface area contributed by atoms with Gasteiger partial charge in [0, 0.05) is 20.2 Å². The van der Waals surface area contributed by atoms with Crippen molar-refractivity contribution in [3.63, 3.8) is 0 Å². The lowest BCUT2D eigenvalue weighted by Crippen LogP contribution is -2.24. The Labute approximate surface area is 82.4 Å². The van der Waals surface area contributed by atoms with Crippen molar-refractivity contribution in [1.82, 2.24) is 5.32 Å². The normalized spacial score (nSPS) is 13.1. The second kappa shape index (κ2) is 6.10. The van der Waals surface area contributed by atoms with Crippen molar-refractivity contribution in [2.75, 3.05) is 26.8 Å². The molecule has 1 atom stereocenters. The number of hydrogen-bond acceptors (Lipinski definition) is 4. The van der Waals surface area contributed by atoms with E-state index < -0.39 is 6.10 Å². The van der Waals surface area contributed by atoms with Crippen LogP contribution in [0.1, 0.15) is 11.7 Å². The van der Waals surface area contributed by atoms with Gasteiger partial charge in [-0.25, -0.2) is 0 Å². The van der Waals surface area contributed by atoms with Crippen LogP contribution >= 0.6 is 11.3 Å². The molecular formula is C9H15NO2S. The predicted molar refractivity (Wildman–Crippen MR) is 54.0 cm³/mol. The van der Waals surface area contributed by atoms with Crippen LogP contribution in [0, 0.1) is 0 Å². The zero-order valence-corrected chi connectivity index (χ0v) is 8.51. The molecule has 0 aliphatic heterocycles. The van der Waals surface area contributed by atoms with Gasteiger partial charge in [0.05, 0.1) is 12.7 Å². The first-order valence-electron chi connectivity index (χ1n) is 4.24. The standard InChI is InChI=1S/C9H15NO2S/c1-12-4-3-10-6-9(11)8-2-5-13-7-8/h2,5,7,9-11H,3-4,6H2,1H3. The van der Waals surface area contributed by atoms with Crippen LogP contribution in [-0.2, 0) is 4.74 Å². The maximum atomic E-state index is 9.61. The number of rotatable bonds is 6. The van der Waals surface area contributed by atoms with E-state index in [9.17, 15) is 5.11 Å². The fraction of sp³-hybridized carbons (Fsp3) is 0.556. The SMILES string of the molecule is COCCNCC(O)c1ccsc1. The van der Waals surface area contributed by atoms with Crippen LogP contribution in [0.3, 0.4) is 0 Å². The second-order valence-corrected chi connectivity index (χ2v) is 3.55. The van der Waals surface area contributed by atoms with Crippen molar-refractivity contribution in [1.29, 1.82) is 0 Å². The first-order chi connectivity index (χ1) is 6.34. The van der Waals surface area contributed by atoms with Gasteiger partial charge in [-0.05, 0) is 22.4 Å². The molecule has 74 valence electrons. The molecule has 1 aromatic heterocycles.